The summed E-state index contributed by atoms with van der Waals surface area (Å²) in [6.07, 6.45) is 1.62. The molecule has 20 heavy (non-hydrogen) atoms. The Morgan fingerprint density at radius 2 is 1.95 bits per heavy atom. The Labute approximate surface area is 123 Å². The molecule has 0 bridgehead atoms. The first-order valence-corrected chi connectivity index (χ1v) is 7.34. The highest BCUT2D eigenvalue weighted by molar-refractivity contribution is 6.17. The van der Waals surface area contributed by atoms with Crippen LogP contribution in [0.25, 0.3) is 16.9 Å². The van der Waals surface area contributed by atoms with Gasteiger partial charge in [-0.2, -0.15) is 5.10 Å². The van der Waals surface area contributed by atoms with E-state index in [1.54, 1.807) is 0 Å². The van der Waals surface area contributed by atoms with E-state index < -0.39 is 0 Å². The highest BCUT2D eigenvalue weighted by Gasteiger charge is 2.18. The van der Waals surface area contributed by atoms with Gasteiger partial charge in [-0.25, -0.2) is 9.67 Å². The molecule has 0 spiro atoms. The van der Waals surface area contributed by atoms with E-state index in [4.69, 9.17) is 16.6 Å². The number of benzene rings is 1. The van der Waals surface area contributed by atoms with E-state index in [0.29, 0.717) is 5.88 Å². The predicted molar refractivity (Wildman–Crippen MR) is 81.6 cm³/mol. The summed E-state index contributed by atoms with van der Waals surface area (Å²) in [4.78, 5) is 4.77. The molecule has 0 saturated carbocycles. The van der Waals surface area contributed by atoms with Gasteiger partial charge in [-0.1, -0.05) is 25.1 Å². The fourth-order valence-electron chi connectivity index (χ4n) is 2.56. The molecule has 0 N–H and O–H groups in total. The maximum atomic E-state index is 5.93. The minimum absolute atomic E-state index is 0.561. The van der Waals surface area contributed by atoms with Crippen LogP contribution < -0.4 is 0 Å². The first kappa shape index (κ1) is 13.2. The van der Waals surface area contributed by atoms with Gasteiger partial charge in [0.05, 0.1) is 5.69 Å². The number of imidazole rings is 1. The monoisotopic (exact) mass is 288 g/mol. The number of hydrogen-bond acceptors (Lipinski definition) is 2. The first-order valence-electron chi connectivity index (χ1n) is 6.80. The Morgan fingerprint density at radius 3 is 2.60 bits per heavy atom. The third-order valence-electron chi connectivity index (χ3n) is 3.44. The van der Waals surface area contributed by atoms with Crippen molar-refractivity contribution in [3.05, 3.63) is 41.9 Å². The third kappa shape index (κ3) is 2.00. The van der Waals surface area contributed by atoms with Crippen LogP contribution >= 0.6 is 11.6 Å². The van der Waals surface area contributed by atoms with Gasteiger partial charge >= 0.3 is 0 Å². The van der Waals surface area contributed by atoms with Crippen molar-refractivity contribution in [3.8, 4) is 5.69 Å². The van der Waals surface area contributed by atoms with Crippen molar-refractivity contribution in [2.45, 2.75) is 19.8 Å². The second-order valence-electron chi connectivity index (χ2n) is 4.73. The van der Waals surface area contributed by atoms with E-state index >= 15 is 0 Å². The SMILES string of the molecule is CCc1nn(C)c2c1nc(CCCl)n2-c1ccccc1. The van der Waals surface area contributed by atoms with Crippen LogP contribution in [0.5, 0.6) is 0 Å². The molecule has 3 rings (SSSR count). The van der Waals surface area contributed by atoms with Gasteiger partial charge in [-0.15, -0.1) is 11.6 Å². The zero-order chi connectivity index (χ0) is 14.1. The molecular weight excluding hydrogens is 272 g/mol. The van der Waals surface area contributed by atoms with Gasteiger partial charge in [0.25, 0.3) is 0 Å². The number of aryl methyl sites for hydroxylation is 3. The van der Waals surface area contributed by atoms with Crippen molar-refractivity contribution in [1.82, 2.24) is 19.3 Å². The van der Waals surface area contributed by atoms with Crippen molar-refractivity contribution in [2.75, 3.05) is 5.88 Å². The molecule has 2 aromatic heterocycles. The standard InChI is InChI=1S/C15H17ClN4/c1-3-12-14-15(19(2)18-12)20(13(17-14)9-10-16)11-7-5-4-6-8-11/h4-8H,3,9-10H2,1-2H3. The summed E-state index contributed by atoms with van der Waals surface area (Å²) >= 11 is 5.93. The minimum atomic E-state index is 0.561. The molecule has 0 aliphatic rings. The zero-order valence-corrected chi connectivity index (χ0v) is 12.4. The number of nitrogens with zero attached hydrogens (tertiary/aromatic N) is 4. The Bertz CT molecular complexity index is 727. The van der Waals surface area contributed by atoms with E-state index in [0.717, 1.165) is 41.2 Å². The molecule has 3 aromatic rings. The fourth-order valence-corrected chi connectivity index (χ4v) is 2.73. The summed E-state index contributed by atoms with van der Waals surface area (Å²) in [7, 11) is 1.97. The number of hydrogen-bond donors (Lipinski definition) is 0. The minimum Gasteiger partial charge on any atom is -0.281 e. The lowest BCUT2D eigenvalue weighted by Crippen LogP contribution is -2.06. The van der Waals surface area contributed by atoms with Gasteiger partial charge in [0.15, 0.2) is 5.65 Å². The largest absolute Gasteiger partial charge is 0.281 e. The molecule has 0 unspecified atom stereocenters. The lowest BCUT2D eigenvalue weighted by Gasteiger charge is -2.08. The smallest absolute Gasteiger partial charge is 0.163 e. The number of para-hydroxylation sites is 1. The zero-order valence-electron chi connectivity index (χ0n) is 11.7. The maximum Gasteiger partial charge on any atom is 0.163 e. The number of aromatic nitrogens is 4. The van der Waals surface area contributed by atoms with Crippen LogP contribution in [0.2, 0.25) is 0 Å². The molecule has 104 valence electrons. The van der Waals surface area contributed by atoms with E-state index in [-0.39, 0.29) is 0 Å². The molecule has 0 radical (unpaired) electrons. The van der Waals surface area contributed by atoms with Crippen LogP contribution in [-0.4, -0.2) is 25.2 Å². The van der Waals surface area contributed by atoms with E-state index in [9.17, 15) is 0 Å². The van der Waals surface area contributed by atoms with Crippen LogP contribution in [0, 0.1) is 0 Å². The van der Waals surface area contributed by atoms with Gasteiger partial charge < -0.3 is 0 Å². The van der Waals surface area contributed by atoms with Gasteiger partial charge in [0.2, 0.25) is 0 Å². The topological polar surface area (TPSA) is 35.6 Å². The Balaban J connectivity index is 2.32. The van der Waals surface area contributed by atoms with Crippen molar-refractivity contribution in [2.24, 2.45) is 7.05 Å². The highest BCUT2D eigenvalue weighted by Crippen LogP contribution is 2.24. The van der Waals surface area contributed by atoms with Crippen LogP contribution in [0.4, 0.5) is 0 Å². The number of alkyl halides is 1. The van der Waals surface area contributed by atoms with Crippen LogP contribution in [0.15, 0.2) is 30.3 Å². The average molecular weight is 289 g/mol. The van der Waals surface area contributed by atoms with Crippen LogP contribution in [-0.2, 0) is 19.9 Å². The molecule has 4 nitrogen and oxygen atoms in total. The molecule has 0 fully saturated rings. The Morgan fingerprint density at radius 1 is 1.20 bits per heavy atom. The lowest BCUT2D eigenvalue weighted by atomic mass is 10.3. The van der Waals surface area contributed by atoms with Crippen molar-refractivity contribution < 1.29 is 0 Å². The summed E-state index contributed by atoms with van der Waals surface area (Å²) in [6, 6.07) is 10.2. The van der Waals surface area contributed by atoms with Gasteiger partial charge in [-0.05, 0) is 18.6 Å². The molecule has 0 saturated heterocycles. The Kier molecular flexibility index (Phi) is 3.49. The summed E-state index contributed by atoms with van der Waals surface area (Å²) < 4.78 is 4.07. The van der Waals surface area contributed by atoms with Crippen molar-refractivity contribution >= 4 is 22.8 Å². The maximum absolute atomic E-state index is 5.93. The lowest BCUT2D eigenvalue weighted by molar-refractivity contribution is 0.741. The molecule has 0 aliphatic heterocycles. The summed E-state index contributed by atoms with van der Waals surface area (Å²) in [6.45, 7) is 2.10. The Hall–Kier alpha value is -1.81. The molecule has 0 atom stereocenters. The van der Waals surface area contributed by atoms with Gasteiger partial charge in [0, 0.05) is 25.0 Å². The van der Waals surface area contributed by atoms with Crippen LogP contribution in [0.3, 0.4) is 0 Å². The van der Waals surface area contributed by atoms with Gasteiger partial charge in [-0.3, -0.25) is 4.57 Å². The van der Waals surface area contributed by atoms with Gasteiger partial charge in [0.1, 0.15) is 11.3 Å². The van der Waals surface area contributed by atoms with E-state index in [1.165, 1.54) is 0 Å². The normalized spacial score (nSPS) is 11.3. The number of fused-ring (bicyclic) bond motifs is 1. The second kappa shape index (κ2) is 5.29. The highest BCUT2D eigenvalue weighted by atomic mass is 35.5. The molecule has 5 heteroatoms. The second-order valence-corrected chi connectivity index (χ2v) is 5.11. The summed E-state index contributed by atoms with van der Waals surface area (Å²) in [5.41, 5.74) is 4.15. The molecule has 1 aromatic carbocycles. The molecule has 0 amide bonds. The van der Waals surface area contributed by atoms with Crippen molar-refractivity contribution in [3.63, 3.8) is 0 Å². The molecule has 0 aliphatic carbocycles. The third-order valence-corrected chi connectivity index (χ3v) is 3.63. The summed E-state index contributed by atoms with van der Waals surface area (Å²) in [5, 5.41) is 4.56. The number of rotatable bonds is 4. The number of halogens is 1. The van der Waals surface area contributed by atoms with E-state index in [1.807, 2.05) is 29.9 Å². The van der Waals surface area contributed by atoms with E-state index in [2.05, 4.69) is 28.7 Å². The first-order chi connectivity index (χ1) is 9.76. The molecule has 2 heterocycles. The molecular formula is C15H17ClN4. The fraction of sp³-hybridized carbons (Fsp3) is 0.333. The van der Waals surface area contributed by atoms with Crippen molar-refractivity contribution in [1.29, 1.82) is 0 Å². The average Bonchev–Trinajstić information content (AvgIpc) is 2.98. The summed E-state index contributed by atoms with van der Waals surface area (Å²) in [5.74, 6) is 1.55. The van der Waals surface area contributed by atoms with Crippen LogP contribution in [0.1, 0.15) is 18.4 Å². The quantitative estimate of drug-likeness (QED) is 0.692. The predicted octanol–water partition coefficient (Wildman–Crippen LogP) is 3.10.